The number of hydrogen-bond acceptors (Lipinski definition) is 4. The number of ether oxygens (including phenoxy) is 2. The van der Waals surface area contributed by atoms with Gasteiger partial charge in [-0.25, -0.2) is 14.4 Å². The molecule has 5 heteroatoms. The second-order valence-corrected chi connectivity index (χ2v) is 4.86. The van der Waals surface area contributed by atoms with Gasteiger partial charge in [-0.2, -0.15) is 0 Å². The first kappa shape index (κ1) is 17.7. The van der Waals surface area contributed by atoms with E-state index in [9.17, 15) is 9.59 Å². The van der Waals surface area contributed by atoms with Crippen LogP contribution < -0.4 is 0 Å². The third kappa shape index (κ3) is 5.57. The van der Waals surface area contributed by atoms with Gasteiger partial charge < -0.3 is 9.47 Å². The van der Waals surface area contributed by atoms with Crippen LogP contribution in [0.4, 0.5) is 5.69 Å². The lowest BCUT2D eigenvalue weighted by atomic mass is 10.1. The summed E-state index contributed by atoms with van der Waals surface area (Å²) in [5, 5.41) is 0. The number of nitrogens with zero attached hydrogens (tertiary/aromatic N) is 1. The maximum Gasteiger partial charge on any atom is 0.336 e. The summed E-state index contributed by atoms with van der Waals surface area (Å²) in [6.45, 7) is 11.7. The highest BCUT2D eigenvalue weighted by Crippen LogP contribution is 2.19. The number of unbranched alkanes of at least 4 members (excludes halogenated alkanes) is 2. The molecule has 0 atom stereocenters. The van der Waals surface area contributed by atoms with Crippen molar-refractivity contribution in [3.05, 3.63) is 40.7 Å². The smallest absolute Gasteiger partial charge is 0.336 e. The summed E-state index contributed by atoms with van der Waals surface area (Å²) in [6, 6.07) is 4.26. The molecule has 0 fully saturated rings. The van der Waals surface area contributed by atoms with Crippen molar-refractivity contribution >= 4 is 17.6 Å². The number of benzene rings is 1. The van der Waals surface area contributed by atoms with Gasteiger partial charge >= 0.3 is 11.9 Å². The summed E-state index contributed by atoms with van der Waals surface area (Å²) >= 11 is 0. The van der Waals surface area contributed by atoms with E-state index in [4.69, 9.17) is 16.0 Å². The Bertz CT molecular complexity index is 520. The molecule has 0 unspecified atom stereocenters. The quantitative estimate of drug-likeness (QED) is 0.411. The molecular formula is C17H21NO4. The first-order chi connectivity index (χ1) is 10.6. The van der Waals surface area contributed by atoms with Gasteiger partial charge in [-0.15, -0.1) is 0 Å². The zero-order valence-electron chi connectivity index (χ0n) is 13.1. The van der Waals surface area contributed by atoms with Crippen LogP contribution in [0.15, 0.2) is 18.2 Å². The van der Waals surface area contributed by atoms with E-state index in [1.807, 2.05) is 13.8 Å². The van der Waals surface area contributed by atoms with E-state index < -0.39 is 11.9 Å². The third-order valence-electron chi connectivity index (χ3n) is 2.98. The van der Waals surface area contributed by atoms with Gasteiger partial charge in [0.05, 0.1) is 30.9 Å². The number of carbonyl (C=O) groups is 2. The second-order valence-electron chi connectivity index (χ2n) is 4.86. The average molecular weight is 303 g/mol. The van der Waals surface area contributed by atoms with E-state index in [0.29, 0.717) is 13.2 Å². The van der Waals surface area contributed by atoms with Crippen molar-refractivity contribution in [1.82, 2.24) is 0 Å². The Labute approximate surface area is 131 Å². The van der Waals surface area contributed by atoms with E-state index in [-0.39, 0.29) is 16.8 Å². The normalized spacial score (nSPS) is 9.86. The first-order valence-electron chi connectivity index (χ1n) is 7.49. The van der Waals surface area contributed by atoms with Crippen LogP contribution in [-0.4, -0.2) is 25.2 Å². The SMILES string of the molecule is [C-]#[N+]c1cc(C(=O)OCCCC)cc(C(=O)OCCCC)c1. The Morgan fingerprint density at radius 2 is 1.41 bits per heavy atom. The Kier molecular flexibility index (Phi) is 7.69. The predicted molar refractivity (Wildman–Crippen MR) is 83.1 cm³/mol. The molecule has 0 bridgehead atoms. The second kappa shape index (κ2) is 9.56. The fourth-order valence-corrected chi connectivity index (χ4v) is 1.70. The molecule has 118 valence electrons. The molecule has 0 spiro atoms. The minimum Gasteiger partial charge on any atom is -0.462 e. The lowest BCUT2D eigenvalue weighted by Crippen LogP contribution is -2.10. The molecule has 0 saturated carbocycles. The van der Waals surface area contributed by atoms with E-state index in [1.54, 1.807) is 0 Å². The van der Waals surface area contributed by atoms with Gasteiger partial charge in [0, 0.05) is 0 Å². The van der Waals surface area contributed by atoms with Crippen molar-refractivity contribution in [2.75, 3.05) is 13.2 Å². The molecule has 1 aromatic carbocycles. The molecule has 0 heterocycles. The Morgan fingerprint density at radius 3 is 1.77 bits per heavy atom. The van der Waals surface area contributed by atoms with Gasteiger partial charge in [0.25, 0.3) is 0 Å². The van der Waals surface area contributed by atoms with E-state index in [0.717, 1.165) is 25.7 Å². The largest absolute Gasteiger partial charge is 0.462 e. The van der Waals surface area contributed by atoms with Crippen molar-refractivity contribution < 1.29 is 19.1 Å². The van der Waals surface area contributed by atoms with Gasteiger partial charge in [-0.3, -0.25) is 0 Å². The lowest BCUT2D eigenvalue weighted by molar-refractivity contribution is 0.0498. The third-order valence-corrected chi connectivity index (χ3v) is 2.98. The molecule has 1 aromatic rings. The van der Waals surface area contributed by atoms with Crippen LogP contribution in [0, 0.1) is 6.57 Å². The number of carbonyl (C=O) groups excluding carboxylic acids is 2. The minimum absolute atomic E-state index is 0.201. The monoisotopic (exact) mass is 303 g/mol. The summed E-state index contributed by atoms with van der Waals surface area (Å²) in [5.41, 5.74) is 0.617. The zero-order chi connectivity index (χ0) is 16.4. The first-order valence-corrected chi connectivity index (χ1v) is 7.49. The van der Waals surface area contributed by atoms with Crippen molar-refractivity contribution in [3.63, 3.8) is 0 Å². The molecule has 22 heavy (non-hydrogen) atoms. The van der Waals surface area contributed by atoms with Gasteiger partial charge in [0.2, 0.25) is 0 Å². The van der Waals surface area contributed by atoms with Crippen LogP contribution >= 0.6 is 0 Å². The highest BCUT2D eigenvalue weighted by Gasteiger charge is 2.14. The number of rotatable bonds is 8. The van der Waals surface area contributed by atoms with Crippen LogP contribution in [0.3, 0.4) is 0 Å². The van der Waals surface area contributed by atoms with Crippen LogP contribution in [0.25, 0.3) is 4.85 Å². The Balaban J connectivity index is 2.86. The van der Waals surface area contributed by atoms with Crippen LogP contribution in [0.1, 0.15) is 60.2 Å². The fraction of sp³-hybridized carbons (Fsp3) is 0.471. The lowest BCUT2D eigenvalue weighted by Gasteiger charge is -2.08. The molecule has 0 aliphatic carbocycles. The molecule has 0 aliphatic heterocycles. The molecule has 0 N–H and O–H groups in total. The molecule has 0 radical (unpaired) electrons. The summed E-state index contributed by atoms with van der Waals surface area (Å²) in [6.07, 6.45) is 3.40. The van der Waals surface area contributed by atoms with Crippen molar-refractivity contribution in [1.29, 1.82) is 0 Å². The molecule has 0 amide bonds. The summed E-state index contributed by atoms with van der Waals surface area (Å²) in [4.78, 5) is 27.2. The topological polar surface area (TPSA) is 57.0 Å². The van der Waals surface area contributed by atoms with Crippen molar-refractivity contribution in [2.45, 2.75) is 39.5 Å². The average Bonchev–Trinajstić information content (AvgIpc) is 2.54. The van der Waals surface area contributed by atoms with Crippen molar-refractivity contribution in [3.8, 4) is 0 Å². The highest BCUT2D eigenvalue weighted by atomic mass is 16.5. The number of hydrogen-bond donors (Lipinski definition) is 0. The summed E-state index contributed by atoms with van der Waals surface area (Å²) in [5.74, 6) is -1.05. The molecule has 0 aliphatic rings. The van der Waals surface area contributed by atoms with Gasteiger partial charge in [-0.05, 0) is 31.0 Å². The van der Waals surface area contributed by atoms with Crippen LogP contribution in [0.2, 0.25) is 0 Å². The molecule has 5 nitrogen and oxygen atoms in total. The summed E-state index contributed by atoms with van der Waals surface area (Å²) < 4.78 is 10.2. The Morgan fingerprint density at radius 1 is 0.955 bits per heavy atom. The maximum absolute atomic E-state index is 11.9. The fourth-order valence-electron chi connectivity index (χ4n) is 1.70. The Hall–Kier alpha value is -2.35. The zero-order valence-corrected chi connectivity index (χ0v) is 13.1. The van der Waals surface area contributed by atoms with E-state index in [1.165, 1.54) is 18.2 Å². The van der Waals surface area contributed by atoms with E-state index >= 15 is 0 Å². The summed E-state index contributed by atoms with van der Waals surface area (Å²) in [7, 11) is 0. The maximum atomic E-state index is 11.9. The van der Waals surface area contributed by atoms with Gasteiger partial charge in [0.15, 0.2) is 5.69 Å². The molecule has 0 saturated heterocycles. The molecule has 1 rings (SSSR count). The van der Waals surface area contributed by atoms with Crippen LogP contribution in [0.5, 0.6) is 0 Å². The number of esters is 2. The van der Waals surface area contributed by atoms with Gasteiger partial charge in [0.1, 0.15) is 0 Å². The minimum atomic E-state index is -0.526. The standard InChI is InChI=1S/C17H21NO4/c1-4-6-8-21-16(19)13-10-14(12-15(11-13)18-3)17(20)22-9-7-5-2/h10-12H,4-9H2,1-2H3. The van der Waals surface area contributed by atoms with Crippen LogP contribution in [-0.2, 0) is 9.47 Å². The molecular weight excluding hydrogens is 282 g/mol. The molecule has 0 aromatic heterocycles. The van der Waals surface area contributed by atoms with Gasteiger partial charge in [-0.1, -0.05) is 26.7 Å². The highest BCUT2D eigenvalue weighted by molar-refractivity contribution is 5.97. The van der Waals surface area contributed by atoms with Crippen molar-refractivity contribution in [2.24, 2.45) is 0 Å². The van der Waals surface area contributed by atoms with E-state index in [2.05, 4.69) is 4.85 Å². The predicted octanol–water partition coefficient (Wildman–Crippen LogP) is 4.15.